The Hall–Kier alpha value is -2.34. The van der Waals surface area contributed by atoms with Gasteiger partial charge in [-0.25, -0.2) is 8.42 Å². The number of piperazine rings is 1. The van der Waals surface area contributed by atoms with Crippen molar-refractivity contribution in [3.8, 4) is 0 Å². The standard InChI is InChI=1S/C20H24N2O3S/c1-16(2)26(24,25)19-11-7-6-10-18(19)20(23)22-14-12-21(13-15-22)17-8-4-3-5-9-17/h3-11,16H,12-15H2,1-2H3. The highest BCUT2D eigenvalue weighted by atomic mass is 32.2. The minimum absolute atomic E-state index is 0.130. The van der Waals surface area contributed by atoms with Crippen LogP contribution >= 0.6 is 0 Å². The molecular weight excluding hydrogens is 348 g/mol. The second kappa shape index (κ2) is 7.50. The number of nitrogens with zero attached hydrogens (tertiary/aromatic N) is 2. The fourth-order valence-corrected chi connectivity index (χ4v) is 4.36. The van der Waals surface area contributed by atoms with E-state index in [2.05, 4.69) is 17.0 Å². The van der Waals surface area contributed by atoms with E-state index in [0.29, 0.717) is 13.1 Å². The summed E-state index contributed by atoms with van der Waals surface area (Å²) in [5.41, 5.74) is 1.41. The molecule has 0 aliphatic carbocycles. The van der Waals surface area contributed by atoms with E-state index in [1.54, 1.807) is 36.9 Å². The zero-order valence-electron chi connectivity index (χ0n) is 15.1. The smallest absolute Gasteiger partial charge is 0.255 e. The van der Waals surface area contributed by atoms with Crippen LogP contribution in [0.3, 0.4) is 0 Å². The van der Waals surface area contributed by atoms with Crippen molar-refractivity contribution in [2.75, 3.05) is 31.1 Å². The van der Waals surface area contributed by atoms with Gasteiger partial charge in [-0.1, -0.05) is 30.3 Å². The van der Waals surface area contributed by atoms with Gasteiger partial charge in [0.25, 0.3) is 5.91 Å². The van der Waals surface area contributed by atoms with Crippen LogP contribution in [0.1, 0.15) is 24.2 Å². The fraction of sp³-hybridized carbons (Fsp3) is 0.350. The largest absolute Gasteiger partial charge is 0.368 e. The second-order valence-corrected chi connectivity index (χ2v) is 9.18. The summed E-state index contributed by atoms with van der Waals surface area (Å²) in [6, 6.07) is 16.6. The molecule has 0 atom stereocenters. The molecule has 5 nitrogen and oxygen atoms in total. The number of hydrogen-bond acceptors (Lipinski definition) is 4. The number of benzene rings is 2. The summed E-state index contributed by atoms with van der Waals surface area (Å²) in [5, 5.41) is -0.564. The summed E-state index contributed by atoms with van der Waals surface area (Å²) in [6.07, 6.45) is 0. The number of sulfone groups is 1. The van der Waals surface area contributed by atoms with Gasteiger partial charge in [0, 0.05) is 31.9 Å². The van der Waals surface area contributed by atoms with Crippen LogP contribution in [-0.4, -0.2) is 50.7 Å². The first-order valence-electron chi connectivity index (χ1n) is 8.83. The third-order valence-corrected chi connectivity index (χ3v) is 6.94. The van der Waals surface area contributed by atoms with Crippen molar-refractivity contribution < 1.29 is 13.2 Å². The lowest BCUT2D eigenvalue weighted by Crippen LogP contribution is -2.49. The van der Waals surface area contributed by atoms with Crippen LogP contribution in [0.25, 0.3) is 0 Å². The summed E-state index contributed by atoms with van der Waals surface area (Å²) in [7, 11) is -3.50. The third-order valence-electron chi connectivity index (χ3n) is 4.73. The molecule has 3 rings (SSSR count). The van der Waals surface area contributed by atoms with Crippen molar-refractivity contribution in [2.24, 2.45) is 0 Å². The molecule has 1 aliphatic rings. The molecule has 0 radical (unpaired) electrons. The molecular formula is C20H24N2O3S. The Morgan fingerprint density at radius 3 is 2.08 bits per heavy atom. The van der Waals surface area contributed by atoms with E-state index >= 15 is 0 Å². The first-order valence-corrected chi connectivity index (χ1v) is 10.4. The van der Waals surface area contributed by atoms with Crippen LogP contribution in [0.4, 0.5) is 5.69 Å². The van der Waals surface area contributed by atoms with Gasteiger partial charge in [-0.15, -0.1) is 0 Å². The van der Waals surface area contributed by atoms with E-state index in [-0.39, 0.29) is 16.4 Å². The van der Waals surface area contributed by atoms with Gasteiger partial charge in [0.15, 0.2) is 9.84 Å². The van der Waals surface area contributed by atoms with Crippen LogP contribution in [0.5, 0.6) is 0 Å². The molecule has 0 unspecified atom stereocenters. The zero-order chi connectivity index (χ0) is 18.7. The number of amides is 1. The number of para-hydroxylation sites is 1. The molecule has 1 fully saturated rings. The Bertz CT molecular complexity index is 871. The molecule has 138 valence electrons. The third kappa shape index (κ3) is 3.60. The molecule has 6 heteroatoms. The summed E-state index contributed by atoms with van der Waals surface area (Å²) in [6.45, 7) is 5.88. The first kappa shape index (κ1) is 18.5. The molecule has 0 aromatic heterocycles. The quantitative estimate of drug-likeness (QED) is 0.828. The normalized spacial score (nSPS) is 15.3. The second-order valence-electron chi connectivity index (χ2n) is 6.70. The Kier molecular flexibility index (Phi) is 5.32. The maximum absolute atomic E-state index is 13.0. The predicted octanol–water partition coefficient (Wildman–Crippen LogP) is 2.83. The molecule has 1 saturated heterocycles. The van der Waals surface area contributed by atoms with Gasteiger partial charge in [0.05, 0.1) is 15.7 Å². The van der Waals surface area contributed by atoms with Gasteiger partial charge in [-0.3, -0.25) is 4.79 Å². The maximum atomic E-state index is 13.0. The van der Waals surface area contributed by atoms with Crippen LogP contribution < -0.4 is 4.90 Å². The lowest BCUT2D eigenvalue weighted by molar-refractivity contribution is 0.0743. The minimum atomic E-state index is -3.50. The highest BCUT2D eigenvalue weighted by molar-refractivity contribution is 7.92. The summed E-state index contributed by atoms with van der Waals surface area (Å²) >= 11 is 0. The Labute approximate surface area is 155 Å². The molecule has 2 aromatic carbocycles. The minimum Gasteiger partial charge on any atom is -0.368 e. The van der Waals surface area contributed by atoms with Crippen molar-refractivity contribution >= 4 is 21.4 Å². The molecule has 2 aromatic rings. The molecule has 0 bridgehead atoms. The molecule has 1 heterocycles. The predicted molar refractivity (Wildman–Crippen MR) is 103 cm³/mol. The monoisotopic (exact) mass is 372 g/mol. The summed E-state index contributed by atoms with van der Waals surface area (Å²) in [4.78, 5) is 17.1. The van der Waals surface area contributed by atoms with Gasteiger partial charge in [-0.05, 0) is 38.1 Å². The SMILES string of the molecule is CC(C)S(=O)(=O)c1ccccc1C(=O)N1CCN(c2ccccc2)CC1. The summed E-state index contributed by atoms with van der Waals surface area (Å²) in [5.74, 6) is -0.211. The van der Waals surface area contributed by atoms with E-state index in [4.69, 9.17) is 0 Å². The van der Waals surface area contributed by atoms with Crippen LogP contribution in [-0.2, 0) is 9.84 Å². The van der Waals surface area contributed by atoms with E-state index in [1.165, 1.54) is 6.07 Å². The van der Waals surface area contributed by atoms with Crippen LogP contribution in [0, 0.1) is 0 Å². The van der Waals surface area contributed by atoms with E-state index in [0.717, 1.165) is 18.8 Å². The number of carbonyl (C=O) groups excluding carboxylic acids is 1. The van der Waals surface area contributed by atoms with Crippen LogP contribution in [0.15, 0.2) is 59.5 Å². The van der Waals surface area contributed by atoms with Crippen molar-refractivity contribution in [2.45, 2.75) is 24.0 Å². The lowest BCUT2D eigenvalue weighted by atomic mass is 10.1. The van der Waals surface area contributed by atoms with E-state index < -0.39 is 15.1 Å². The van der Waals surface area contributed by atoms with Crippen molar-refractivity contribution in [3.05, 3.63) is 60.2 Å². The van der Waals surface area contributed by atoms with Gasteiger partial charge < -0.3 is 9.80 Å². The molecule has 26 heavy (non-hydrogen) atoms. The average Bonchev–Trinajstić information content (AvgIpc) is 2.68. The first-order chi connectivity index (χ1) is 12.4. The lowest BCUT2D eigenvalue weighted by Gasteiger charge is -2.36. The van der Waals surface area contributed by atoms with Crippen molar-refractivity contribution in [1.29, 1.82) is 0 Å². The van der Waals surface area contributed by atoms with Crippen LogP contribution in [0.2, 0.25) is 0 Å². The van der Waals surface area contributed by atoms with Gasteiger partial charge >= 0.3 is 0 Å². The van der Waals surface area contributed by atoms with Crippen molar-refractivity contribution in [3.63, 3.8) is 0 Å². The topological polar surface area (TPSA) is 57.7 Å². The molecule has 1 aliphatic heterocycles. The van der Waals surface area contributed by atoms with Gasteiger partial charge in [0.1, 0.15) is 0 Å². The van der Waals surface area contributed by atoms with E-state index in [9.17, 15) is 13.2 Å². The number of hydrogen-bond donors (Lipinski definition) is 0. The zero-order valence-corrected chi connectivity index (χ0v) is 15.9. The van der Waals surface area contributed by atoms with E-state index in [1.807, 2.05) is 18.2 Å². The summed E-state index contributed by atoms with van der Waals surface area (Å²) < 4.78 is 25.2. The average molecular weight is 372 g/mol. The Balaban J connectivity index is 1.78. The molecule has 0 N–H and O–H groups in total. The highest BCUT2D eigenvalue weighted by Crippen LogP contribution is 2.23. The molecule has 0 saturated carbocycles. The number of anilines is 1. The molecule has 1 amide bonds. The van der Waals surface area contributed by atoms with Gasteiger partial charge in [-0.2, -0.15) is 0 Å². The maximum Gasteiger partial charge on any atom is 0.255 e. The fourth-order valence-electron chi connectivity index (χ4n) is 3.12. The molecule has 0 spiro atoms. The Morgan fingerprint density at radius 2 is 1.46 bits per heavy atom. The highest BCUT2D eigenvalue weighted by Gasteiger charge is 2.29. The Morgan fingerprint density at radius 1 is 0.885 bits per heavy atom. The van der Waals surface area contributed by atoms with Crippen molar-refractivity contribution in [1.82, 2.24) is 4.90 Å². The van der Waals surface area contributed by atoms with Gasteiger partial charge in [0.2, 0.25) is 0 Å². The number of carbonyl (C=O) groups is 1. The number of rotatable bonds is 4.